The van der Waals surface area contributed by atoms with E-state index in [0.29, 0.717) is 0 Å². The van der Waals surface area contributed by atoms with Crippen molar-refractivity contribution in [2.45, 2.75) is 6.54 Å². The van der Waals surface area contributed by atoms with E-state index in [1.54, 1.807) is 6.33 Å². The molecule has 2 aromatic heterocycles. The van der Waals surface area contributed by atoms with E-state index in [9.17, 15) is 0 Å². The van der Waals surface area contributed by atoms with Crippen LogP contribution in [0, 0.1) is 0 Å². The average molecular weight is 352 g/mol. The van der Waals surface area contributed by atoms with Crippen LogP contribution in [0.2, 0.25) is 0 Å². The number of hydrogen-bond acceptors (Lipinski definition) is 3. The maximum absolute atomic E-state index is 4.42. The van der Waals surface area contributed by atoms with E-state index in [1.165, 1.54) is 5.56 Å². The summed E-state index contributed by atoms with van der Waals surface area (Å²) in [5, 5.41) is 4.45. The molecule has 0 bridgehead atoms. The second kappa shape index (κ2) is 6.53. The molecular formula is C22H18N5+. The summed E-state index contributed by atoms with van der Waals surface area (Å²) in [6.07, 6.45) is 3.61. The lowest BCUT2D eigenvalue weighted by Gasteiger charge is -2.08. The topological polar surface area (TPSA) is 57.5 Å². The van der Waals surface area contributed by atoms with E-state index in [4.69, 9.17) is 0 Å². The number of H-pyrrole nitrogens is 1. The van der Waals surface area contributed by atoms with Gasteiger partial charge in [0.05, 0.1) is 5.52 Å². The first-order valence-corrected chi connectivity index (χ1v) is 8.88. The van der Waals surface area contributed by atoms with Gasteiger partial charge in [-0.2, -0.15) is 0 Å². The second-order valence-corrected chi connectivity index (χ2v) is 6.48. The molecule has 0 spiro atoms. The van der Waals surface area contributed by atoms with Crippen LogP contribution >= 0.6 is 0 Å². The average Bonchev–Trinajstić information content (AvgIpc) is 3.11. The summed E-state index contributed by atoms with van der Waals surface area (Å²) in [7, 11) is 0. The number of rotatable bonds is 4. The van der Waals surface area contributed by atoms with Gasteiger partial charge in [0.2, 0.25) is 6.33 Å². The van der Waals surface area contributed by atoms with Crippen molar-refractivity contribution in [2.24, 2.45) is 0 Å². The summed E-state index contributed by atoms with van der Waals surface area (Å²) < 4.78 is 2.22. The van der Waals surface area contributed by atoms with Gasteiger partial charge < -0.3 is 5.32 Å². The van der Waals surface area contributed by atoms with Crippen molar-refractivity contribution < 1.29 is 4.57 Å². The van der Waals surface area contributed by atoms with Gasteiger partial charge in [-0.05, 0) is 29.8 Å². The minimum Gasteiger partial charge on any atom is -0.339 e. The first kappa shape index (κ1) is 15.5. The van der Waals surface area contributed by atoms with Gasteiger partial charge in [0, 0.05) is 17.1 Å². The molecule has 5 aromatic rings. The number of fused-ring (bicyclic) bond motifs is 2. The van der Waals surface area contributed by atoms with Gasteiger partial charge in [-0.15, -0.1) is 0 Å². The number of para-hydroxylation sites is 1. The van der Waals surface area contributed by atoms with Crippen LogP contribution in [0.15, 0.2) is 85.5 Å². The number of aromatic nitrogens is 4. The van der Waals surface area contributed by atoms with Crippen molar-refractivity contribution in [3.63, 3.8) is 0 Å². The summed E-state index contributed by atoms with van der Waals surface area (Å²) in [5.41, 5.74) is 5.43. The largest absolute Gasteiger partial charge is 0.339 e. The van der Waals surface area contributed by atoms with Gasteiger partial charge in [-0.3, -0.25) is 0 Å². The van der Waals surface area contributed by atoms with Crippen molar-refractivity contribution in [3.05, 3.63) is 91.0 Å². The fraction of sp³-hybridized carbons (Fsp3) is 0.0455. The molecule has 0 amide bonds. The lowest BCUT2D eigenvalue weighted by atomic mass is 10.2. The van der Waals surface area contributed by atoms with Crippen LogP contribution in [0.3, 0.4) is 0 Å². The minimum absolute atomic E-state index is 0.810. The molecule has 0 aliphatic rings. The van der Waals surface area contributed by atoms with Crippen molar-refractivity contribution in [2.75, 3.05) is 5.32 Å². The number of nitrogens with zero attached hydrogens (tertiary/aromatic N) is 3. The van der Waals surface area contributed by atoms with Crippen molar-refractivity contribution in [1.82, 2.24) is 15.0 Å². The van der Waals surface area contributed by atoms with Crippen LogP contribution in [0.25, 0.3) is 21.9 Å². The Labute approximate surface area is 156 Å². The lowest BCUT2D eigenvalue weighted by molar-refractivity contribution is -0.662. The van der Waals surface area contributed by atoms with E-state index < -0.39 is 0 Å². The highest BCUT2D eigenvalue weighted by molar-refractivity contribution is 5.91. The molecule has 5 nitrogen and oxygen atoms in total. The standard InChI is InChI=1S/C22H17N5/c1-2-6-16(7-3-1)13-27-15-25-20-11-10-17(12-21(20)27)26-22-18-8-4-5-9-19(18)23-14-24-22/h1-12,14-15H,13H2,(H,23,24,26)/p+1. The molecule has 0 saturated heterocycles. The second-order valence-electron chi connectivity index (χ2n) is 6.48. The normalized spacial score (nSPS) is 11.1. The van der Waals surface area contributed by atoms with Crippen LogP contribution in [-0.4, -0.2) is 15.0 Å². The van der Waals surface area contributed by atoms with Gasteiger partial charge in [-0.25, -0.2) is 19.5 Å². The third kappa shape index (κ3) is 3.00. The minimum atomic E-state index is 0.810. The first-order valence-electron chi connectivity index (χ1n) is 8.88. The summed E-state index contributed by atoms with van der Waals surface area (Å²) in [4.78, 5) is 12.1. The summed E-state index contributed by atoms with van der Waals surface area (Å²) in [6, 6.07) is 24.7. The molecule has 0 radical (unpaired) electrons. The molecule has 0 unspecified atom stereocenters. The van der Waals surface area contributed by atoms with E-state index in [0.717, 1.165) is 40.0 Å². The third-order valence-electron chi connectivity index (χ3n) is 4.68. The summed E-state index contributed by atoms with van der Waals surface area (Å²) in [5.74, 6) is 0.810. The Kier molecular flexibility index (Phi) is 3.76. The molecule has 3 aromatic carbocycles. The summed E-state index contributed by atoms with van der Waals surface area (Å²) >= 11 is 0. The third-order valence-corrected chi connectivity index (χ3v) is 4.68. The highest BCUT2D eigenvalue weighted by Crippen LogP contribution is 2.24. The molecule has 2 N–H and O–H groups in total. The molecule has 0 saturated carbocycles. The Hall–Kier alpha value is -3.73. The number of nitrogens with one attached hydrogen (secondary N) is 2. The predicted molar refractivity (Wildman–Crippen MR) is 107 cm³/mol. The van der Waals surface area contributed by atoms with E-state index in [2.05, 4.69) is 67.3 Å². The number of aromatic amines is 1. The maximum Gasteiger partial charge on any atom is 0.242 e. The molecule has 5 heteroatoms. The number of imidazole rings is 1. The summed E-state index contributed by atoms with van der Waals surface area (Å²) in [6.45, 7) is 0.820. The van der Waals surface area contributed by atoms with Gasteiger partial charge in [-0.1, -0.05) is 42.5 Å². The molecular weight excluding hydrogens is 334 g/mol. The molecule has 2 heterocycles. The monoisotopic (exact) mass is 352 g/mol. The zero-order chi connectivity index (χ0) is 18.1. The Balaban J connectivity index is 1.51. The molecule has 27 heavy (non-hydrogen) atoms. The highest BCUT2D eigenvalue weighted by atomic mass is 15.1. The molecule has 0 aliphatic heterocycles. The maximum atomic E-state index is 4.42. The van der Waals surface area contributed by atoms with Gasteiger partial charge in [0.25, 0.3) is 0 Å². The molecule has 5 rings (SSSR count). The molecule has 130 valence electrons. The van der Waals surface area contributed by atoms with Gasteiger partial charge in [0.1, 0.15) is 18.7 Å². The Morgan fingerprint density at radius 3 is 2.67 bits per heavy atom. The Morgan fingerprint density at radius 2 is 1.74 bits per heavy atom. The Bertz CT molecular complexity index is 1220. The number of anilines is 2. The fourth-order valence-electron chi connectivity index (χ4n) is 3.34. The molecule has 0 fully saturated rings. The van der Waals surface area contributed by atoms with E-state index in [1.807, 2.05) is 36.7 Å². The van der Waals surface area contributed by atoms with Crippen molar-refractivity contribution >= 4 is 33.4 Å². The van der Waals surface area contributed by atoms with Crippen molar-refractivity contribution in [3.8, 4) is 0 Å². The Morgan fingerprint density at radius 1 is 0.889 bits per heavy atom. The van der Waals surface area contributed by atoms with Crippen LogP contribution in [0.4, 0.5) is 11.5 Å². The smallest absolute Gasteiger partial charge is 0.242 e. The van der Waals surface area contributed by atoms with Crippen molar-refractivity contribution in [1.29, 1.82) is 0 Å². The number of benzene rings is 3. The van der Waals surface area contributed by atoms with Crippen LogP contribution in [-0.2, 0) is 6.54 Å². The zero-order valence-corrected chi connectivity index (χ0v) is 14.6. The van der Waals surface area contributed by atoms with Gasteiger partial charge in [0.15, 0.2) is 11.0 Å². The van der Waals surface area contributed by atoms with Gasteiger partial charge >= 0.3 is 0 Å². The molecule has 0 atom stereocenters. The van der Waals surface area contributed by atoms with Crippen LogP contribution < -0.4 is 9.88 Å². The number of hydrogen-bond donors (Lipinski definition) is 2. The lowest BCUT2D eigenvalue weighted by Crippen LogP contribution is -2.32. The quantitative estimate of drug-likeness (QED) is 0.477. The molecule has 0 aliphatic carbocycles. The SMILES string of the molecule is c1ccc(C[n+]2c[nH]c3ccc(Nc4ncnc5ccccc45)cc32)cc1. The predicted octanol–water partition coefficient (Wildman–Crippen LogP) is 4.19. The van der Waals surface area contributed by atoms with Crippen LogP contribution in [0.5, 0.6) is 0 Å². The fourth-order valence-corrected chi connectivity index (χ4v) is 3.34. The van der Waals surface area contributed by atoms with Crippen LogP contribution in [0.1, 0.15) is 5.56 Å². The zero-order valence-electron chi connectivity index (χ0n) is 14.6. The van der Waals surface area contributed by atoms with E-state index in [-0.39, 0.29) is 0 Å². The highest BCUT2D eigenvalue weighted by Gasteiger charge is 2.12. The first-order chi connectivity index (χ1) is 13.4. The van der Waals surface area contributed by atoms with E-state index >= 15 is 0 Å².